The second-order valence-corrected chi connectivity index (χ2v) is 5.30. The predicted molar refractivity (Wildman–Crippen MR) is 90.1 cm³/mol. The van der Waals surface area contributed by atoms with Crippen LogP contribution in [0, 0.1) is 0 Å². The van der Waals surface area contributed by atoms with Gasteiger partial charge in [0, 0.05) is 16.8 Å². The maximum absolute atomic E-state index is 12.0. The lowest BCUT2D eigenvalue weighted by Crippen LogP contribution is -2.15. The molecular formula is C19H12N2O2. The van der Waals surface area contributed by atoms with E-state index in [1.165, 1.54) is 18.2 Å². The maximum atomic E-state index is 12.0. The molecule has 1 heterocycles. The number of hydrogen-bond donors (Lipinski definition) is 1. The summed E-state index contributed by atoms with van der Waals surface area (Å²) < 4.78 is 0. The molecule has 3 aromatic rings. The third-order valence-corrected chi connectivity index (χ3v) is 3.80. The molecule has 1 aliphatic carbocycles. The van der Waals surface area contributed by atoms with Crippen LogP contribution in [0.4, 0.5) is 5.69 Å². The fourth-order valence-electron chi connectivity index (χ4n) is 2.72. The number of allylic oxidation sites excluding steroid dienone is 3. The number of nitrogens with zero attached hydrogens (tertiary/aromatic N) is 1. The van der Waals surface area contributed by atoms with Crippen LogP contribution >= 0.6 is 0 Å². The highest BCUT2D eigenvalue weighted by Crippen LogP contribution is 2.31. The van der Waals surface area contributed by atoms with Gasteiger partial charge in [-0.25, -0.2) is 4.98 Å². The van der Waals surface area contributed by atoms with Crippen molar-refractivity contribution in [2.75, 3.05) is 5.32 Å². The molecule has 0 aliphatic heterocycles. The molecule has 1 aromatic heterocycles. The summed E-state index contributed by atoms with van der Waals surface area (Å²) in [5.74, 6) is -0.413. The van der Waals surface area contributed by atoms with Gasteiger partial charge in [-0.15, -0.1) is 0 Å². The minimum atomic E-state index is -0.213. The van der Waals surface area contributed by atoms with Gasteiger partial charge in [-0.05, 0) is 24.3 Å². The lowest BCUT2D eigenvalue weighted by molar-refractivity contribution is -0.114. The number of hydrogen-bond acceptors (Lipinski definition) is 4. The number of pyridine rings is 1. The third-order valence-electron chi connectivity index (χ3n) is 3.80. The van der Waals surface area contributed by atoms with Gasteiger partial charge in [0.05, 0.1) is 22.4 Å². The summed E-state index contributed by atoms with van der Waals surface area (Å²) in [7, 11) is 0. The zero-order chi connectivity index (χ0) is 15.8. The number of fused-ring (bicyclic) bond motifs is 2. The molecule has 4 rings (SSSR count). The molecule has 2 aromatic carbocycles. The van der Waals surface area contributed by atoms with Crippen LogP contribution in [0.25, 0.3) is 21.8 Å². The van der Waals surface area contributed by atoms with Crippen molar-refractivity contribution in [3.05, 3.63) is 72.5 Å². The number of benzene rings is 2. The molecule has 0 fully saturated rings. The Hall–Kier alpha value is -3.27. The van der Waals surface area contributed by atoms with Gasteiger partial charge >= 0.3 is 0 Å². The highest BCUT2D eigenvalue weighted by Gasteiger charge is 2.16. The van der Waals surface area contributed by atoms with Gasteiger partial charge in [0.2, 0.25) is 5.78 Å². The van der Waals surface area contributed by atoms with Gasteiger partial charge < -0.3 is 5.32 Å². The monoisotopic (exact) mass is 300 g/mol. The smallest absolute Gasteiger partial charge is 0.202 e. The van der Waals surface area contributed by atoms with Crippen LogP contribution in [0.1, 0.15) is 0 Å². The SMILES string of the molecule is O=C1C=CC(=O)C(Nc2c3ccccc3nc3ccccc23)=C1. The van der Waals surface area contributed by atoms with E-state index in [0.29, 0.717) is 0 Å². The van der Waals surface area contributed by atoms with E-state index in [1.807, 2.05) is 48.5 Å². The van der Waals surface area contributed by atoms with Crippen molar-refractivity contribution >= 4 is 39.1 Å². The summed E-state index contributed by atoms with van der Waals surface area (Å²) in [6, 6.07) is 15.4. The Balaban J connectivity index is 1.96. The van der Waals surface area contributed by atoms with E-state index in [-0.39, 0.29) is 17.3 Å². The average Bonchev–Trinajstić information content (AvgIpc) is 2.58. The molecule has 0 saturated heterocycles. The highest BCUT2D eigenvalue weighted by molar-refractivity contribution is 6.20. The van der Waals surface area contributed by atoms with Crippen LogP contribution < -0.4 is 5.32 Å². The number of para-hydroxylation sites is 2. The summed E-state index contributed by atoms with van der Waals surface area (Å²) in [5.41, 5.74) is 2.73. The zero-order valence-electron chi connectivity index (χ0n) is 12.1. The van der Waals surface area contributed by atoms with Crippen molar-refractivity contribution in [1.82, 2.24) is 4.98 Å². The summed E-state index contributed by atoms with van der Waals surface area (Å²) in [5, 5.41) is 4.96. The van der Waals surface area contributed by atoms with Gasteiger partial charge in [-0.2, -0.15) is 0 Å². The molecule has 0 amide bonds. The fourth-order valence-corrected chi connectivity index (χ4v) is 2.72. The summed E-state index contributed by atoms with van der Waals surface area (Å²) in [6.07, 6.45) is 3.89. The molecule has 23 heavy (non-hydrogen) atoms. The van der Waals surface area contributed by atoms with Crippen LogP contribution in [0.3, 0.4) is 0 Å². The first-order chi connectivity index (χ1) is 11.2. The van der Waals surface area contributed by atoms with Crippen molar-refractivity contribution in [3.63, 3.8) is 0 Å². The Bertz CT molecular complexity index is 978. The molecule has 0 bridgehead atoms. The molecule has 4 nitrogen and oxygen atoms in total. The van der Waals surface area contributed by atoms with Crippen LogP contribution in [-0.2, 0) is 9.59 Å². The van der Waals surface area contributed by atoms with E-state index >= 15 is 0 Å². The summed E-state index contributed by atoms with van der Waals surface area (Å²) in [4.78, 5) is 28.2. The minimum Gasteiger partial charge on any atom is -0.351 e. The van der Waals surface area contributed by atoms with Crippen molar-refractivity contribution in [2.24, 2.45) is 0 Å². The zero-order valence-corrected chi connectivity index (χ0v) is 12.1. The van der Waals surface area contributed by atoms with Gasteiger partial charge in [0.15, 0.2) is 5.78 Å². The van der Waals surface area contributed by atoms with Crippen molar-refractivity contribution in [1.29, 1.82) is 0 Å². The number of aromatic nitrogens is 1. The molecule has 0 radical (unpaired) electrons. The Morgan fingerprint density at radius 2 is 1.39 bits per heavy atom. The summed E-state index contributed by atoms with van der Waals surface area (Å²) >= 11 is 0. The minimum absolute atomic E-state index is 0.199. The van der Waals surface area contributed by atoms with Gasteiger partial charge in [0.25, 0.3) is 0 Å². The Labute approximate surface area is 132 Å². The van der Waals surface area contributed by atoms with Crippen molar-refractivity contribution in [3.8, 4) is 0 Å². The van der Waals surface area contributed by atoms with Gasteiger partial charge in [-0.1, -0.05) is 36.4 Å². The van der Waals surface area contributed by atoms with E-state index in [4.69, 9.17) is 0 Å². The van der Waals surface area contributed by atoms with Crippen LogP contribution in [0.2, 0.25) is 0 Å². The molecular weight excluding hydrogens is 288 g/mol. The van der Waals surface area contributed by atoms with Gasteiger partial charge in [0.1, 0.15) is 0 Å². The Kier molecular flexibility index (Phi) is 3.01. The van der Waals surface area contributed by atoms with E-state index in [0.717, 1.165) is 27.5 Å². The van der Waals surface area contributed by atoms with E-state index in [9.17, 15) is 9.59 Å². The Morgan fingerprint density at radius 1 is 0.783 bits per heavy atom. The van der Waals surface area contributed by atoms with E-state index < -0.39 is 0 Å². The Morgan fingerprint density at radius 3 is 2.04 bits per heavy atom. The van der Waals surface area contributed by atoms with Crippen molar-refractivity contribution in [2.45, 2.75) is 0 Å². The molecule has 4 heteroatoms. The van der Waals surface area contributed by atoms with E-state index in [1.54, 1.807) is 0 Å². The van der Waals surface area contributed by atoms with Crippen LogP contribution in [0.15, 0.2) is 72.5 Å². The normalized spacial score (nSPS) is 14.3. The first-order valence-corrected chi connectivity index (χ1v) is 7.25. The highest BCUT2D eigenvalue weighted by atomic mass is 16.1. The first kappa shape index (κ1) is 13.4. The van der Waals surface area contributed by atoms with Gasteiger partial charge in [-0.3, -0.25) is 9.59 Å². The standard InChI is InChI=1S/C19H12N2O2/c22-12-9-10-18(23)17(11-12)21-19-13-5-1-3-7-15(13)20-16-8-4-2-6-14(16)19/h1-11H,(H,20,21). The van der Waals surface area contributed by atoms with Crippen LogP contribution in [-0.4, -0.2) is 16.6 Å². The van der Waals surface area contributed by atoms with Crippen molar-refractivity contribution < 1.29 is 9.59 Å². The predicted octanol–water partition coefficient (Wildman–Crippen LogP) is 3.39. The quantitative estimate of drug-likeness (QED) is 0.582. The molecule has 0 atom stereocenters. The summed E-state index contributed by atoms with van der Waals surface area (Å²) in [6.45, 7) is 0. The average molecular weight is 300 g/mol. The second-order valence-electron chi connectivity index (χ2n) is 5.30. The second kappa shape index (κ2) is 5.18. The largest absolute Gasteiger partial charge is 0.351 e. The molecule has 0 spiro atoms. The lowest BCUT2D eigenvalue weighted by atomic mass is 10.1. The molecule has 0 unspecified atom stereocenters. The number of carbonyl (C=O) groups is 2. The number of rotatable bonds is 2. The molecule has 1 aliphatic rings. The molecule has 110 valence electrons. The van der Waals surface area contributed by atoms with E-state index in [2.05, 4.69) is 10.3 Å². The molecule has 1 N–H and O–H groups in total. The topological polar surface area (TPSA) is 59.1 Å². The maximum Gasteiger partial charge on any atom is 0.202 e. The molecule has 0 saturated carbocycles. The third kappa shape index (κ3) is 2.30. The van der Waals surface area contributed by atoms with Crippen LogP contribution in [0.5, 0.6) is 0 Å². The number of ketones is 2. The lowest BCUT2D eigenvalue weighted by Gasteiger charge is -2.15. The fraction of sp³-hybridized carbons (Fsp3) is 0. The first-order valence-electron chi connectivity index (χ1n) is 7.25. The number of nitrogens with one attached hydrogen (secondary N) is 1. The number of anilines is 1. The number of carbonyl (C=O) groups excluding carboxylic acids is 2.